The number of anilines is 1. The first-order valence-electron chi connectivity index (χ1n) is 9.87. The van der Waals surface area contributed by atoms with Gasteiger partial charge in [-0.15, -0.1) is 0 Å². The molecule has 0 heterocycles. The minimum absolute atomic E-state index is 0.0304. The molecule has 3 aromatic rings. The van der Waals surface area contributed by atoms with Crippen LogP contribution in [0.1, 0.15) is 21.5 Å². The van der Waals surface area contributed by atoms with E-state index in [1.54, 1.807) is 30.3 Å². The molecule has 0 unspecified atom stereocenters. The van der Waals surface area contributed by atoms with Gasteiger partial charge in [0.1, 0.15) is 5.75 Å². The highest BCUT2D eigenvalue weighted by Crippen LogP contribution is 2.25. The van der Waals surface area contributed by atoms with Crippen LogP contribution in [0.3, 0.4) is 0 Å². The number of nitro benzene ring substituents is 1. The van der Waals surface area contributed by atoms with Gasteiger partial charge in [-0.2, -0.15) is 4.31 Å². The van der Waals surface area contributed by atoms with Crippen molar-refractivity contribution in [3.05, 3.63) is 93.5 Å². The van der Waals surface area contributed by atoms with Crippen LogP contribution in [0, 0.1) is 17.0 Å². The maximum Gasteiger partial charge on any atom is 0.271 e. The highest BCUT2D eigenvalue weighted by molar-refractivity contribution is 7.89. The first-order chi connectivity index (χ1) is 15.6. The van der Waals surface area contributed by atoms with Crippen molar-refractivity contribution < 1.29 is 22.9 Å². The van der Waals surface area contributed by atoms with Gasteiger partial charge in [-0.1, -0.05) is 23.8 Å². The Hall–Kier alpha value is -3.76. The van der Waals surface area contributed by atoms with Gasteiger partial charge in [-0.25, -0.2) is 8.42 Å². The molecule has 3 rings (SSSR count). The Labute approximate surface area is 191 Å². The highest BCUT2D eigenvalue weighted by atomic mass is 32.2. The molecule has 0 aliphatic rings. The molecular weight excluding hydrogens is 446 g/mol. The molecule has 9 nitrogen and oxygen atoms in total. The van der Waals surface area contributed by atoms with Crippen LogP contribution in [0.25, 0.3) is 0 Å². The number of nitrogens with one attached hydrogen (secondary N) is 1. The lowest BCUT2D eigenvalue weighted by Crippen LogP contribution is -2.27. The summed E-state index contributed by atoms with van der Waals surface area (Å²) in [7, 11) is -0.857. The van der Waals surface area contributed by atoms with Crippen molar-refractivity contribution in [1.82, 2.24) is 4.31 Å². The Bertz CT molecular complexity index is 1290. The predicted octanol–water partition coefficient (Wildman–Crippen LogP) is 3.98. The number of carbonyl (C=O) groups excluding carboxylic acids is 1. The van der Waals surface area contributed by atoms with E-state index in [2.05, 4.69) is 5.32 Å². The lowest BCUT2D eigenvalue weighted by molar-refractivity contribution is -0.384. The number of rotatable bonds is 8. The summed E-state index contributed by atoms with van der Waals surface area (Å²) < 4.78 is 32.4. The van der Waals surface area contributed by atoms with Gasteiger partial charge in [0.15, 0.2) is 0 Å². The summed E-state index contributed by atoms with van der Waals surface area (Å²) in [6, 6.07) is 16.8. The molecule has 172 valence electrons. The van der Waals surface area contributed by atoms with Crippen molar-refractivity contribution in [2.75, 3.05) is 19.5 Å². The first kappa shape index (κ1) is 23.9. The molecule has 0 bridgehead atoms. The summed E-state index contributed by atoms with van der Waals surface area (Å²) in [5.41, 5.74) is 1.80. The third kappa shape index (κ3) is 5.54. The van der Waals surface area contributed by atoms with Crippen LogP contribution in [0.5, 0.6) is 5.75 Å². The number of hydrogen-bond acceptors (Lipinski definition) is 6. The Balaban J connectivity index is 1.84. The van der Waals surface area contributed by atoms with Gasteiger partial charge < -0.3 is 10.1 Å². The van der Waals surface area contributed by atoms with Crippen molar-refractivity contribution >= 4 is 27.3 Å². The molecule has 0 aliphatic heterocycles. The smallest absolute Gasteiger partial charge is 0.271 e. The third-order valence-electron chi connectivity index (χ3n) is 4.98. The molecule has 0 aromatic heterocycles. The molecule has 33 heavy (non-hydrogen) atoms. The van der Waals surface area contributed by atoms with Gasteiger partial charge in [0.2, 0.25) is 10.0 Å². The minimum Gasteiger partial charge on any atom is -0.496 e. The number of sulfonamides is 1. The van der Waals surface area contributed by atoms with Gasteiger partial charge in [-0.05, 0) is 43.3 Å². The molecule has 0 saturated carbocycles. The van der Waals surface area contributed by atoms with Crippen LogP contribution >= 0.6 is 0 Å². The van der Waals surface area contributed by atoms with Crippen LogP contribution in [0.4, 0.5) is 11.4 Å². The third-order valence-corrected chi connectivity index (χ3v) is 6.80. The monoisotopic (exact) mass is 469 g/mol. The van der Waals surface area contributed by atoms with E-state index in [9.17, 15) is 23.3 Å². The number of aryl methyl sites for hydroxylation is 1. The molecule has 1 N–H and O–H groups in total. The van der Waals surface area contributed by atoms with E-state index in [4.69, 9.17) is 4.74 Å². The lowest BCUT2D eigenvalue weighted by atomic mass is 10.1. The summed E-state index contributed by atoms with van der Waals surface area (Å²) in [6.45, 7) is 1.84. The molecule has 0 radical (unpaired) electrons. The second-order valence-electron chi connectivity index (χ2n) is 7.36. The fraction of sp³-hybridized carbons (Fsp3) is 0.174. The van der Waals surface area contributed by atoms with Gasteiger partial charge in [-0.3, -0.25) is 14.9 Å². The van der Waals surface area contributed by atoms with Crippen molar-refractivity contribution in [2.45, 2.75) is 18.4 Å². The van der Waals surface area contributed by atoms with Crippen LogP contribution in [0.15, 0.2) is 71.6 Å². The quantitative estimate of drug-likeness (QED) is 0.394. The average Bonchev–Trinajstić information content (AvgIpc) is 2.79. The summed E-state index contributed by atoms with van der Waals surface area (Å²) in [6.07, 6.45) is 0. The van der Waals surface area contributed by atoms with Crippen LogP contribution in [-0.2, 0) is 16.6 Å². The number of ether oxygens (including phenoxy) is 1. The average molecular weight is 470 g/mol. The van der Waals surface area contributed by atoms with Crippen molar-refractivity contribution in [3.8, 4) is 5.75 Å². The number of amides is 1. The number of nitrogens with zero attached hydrogens (tertiary/aromatic N) is 2. The molecule has 10 heteroatoms. The molecule has 0 saturated heterocycles. The fourth-order valence-corrected chi connectivity index (χ4v) is 4.31. The van der Waals surface area contributed by atoms with E-state index in [0.717, 1.165) is 5.56 Å². The zero-order chi connectivity index (χ0) is 24.2. The summed E-state index contributed by atoms with van der Waals surface area (Å²) in [4.78, 5) is 23.3. The van der Waals surface area contributed by atoms with Gasteiger partial charge >= 0.3 is 0 Å². The van der Waals surface area contributed by atoms with E-state index < -0.39 is 20.9 Å². The normalized spacial score (nSPS) is 11.3. The standard InChI is InChI=1S/C23H23N3O6S/c1-16-7-10-21(11-8-16)33(30,31)25(2)15-18-13-17(9-12-22(18)32-3)23(27)24-19-5-4-6-20(14-19)26(28)29/h4-14H,15H2,1-3H3,(H,24,27). The van der Waals surface area contributed by atoms with Gasteiger partial charge in [0.25, 0.3) is 11.6 Å². The maximum absolute atomic E-state index is 12.9. The Morgan fingerprint density at radius 2 is 1.79 bits per heavy atom. The van der Waals surface area contributed by atoms with Gasteiger partial charge in [0, 0.05) is 42.5 Å². The fourth-order valence-electron chi connectivity index (χ4n) is 3.16. The van der Waals surface area contributed by atoms with Crippen molar-refractivity contribution in [2.24, 2.45) is 0 Å². The Morgan fingerprint density at radius 3 is 2.42 bits per heavy atom. The van der Waals surface area contributed by atoms with Gasteiger partial charge in [0.05, 0.1) is 16.9 Å². The van der Waals surface area contributed by atoms with E-state index in [0.29, 0.717) is 11.3 Å². The van der Waals surface area contributed by atoms with Crippen LogP contribution < -0.4 is 10.1 Å². The SMILES string of the molecule is COc1ccc(C(=O)Nc2cccc([N+](=O)[O-])c2)cc1CN(C)S(=O)(=O)c1ccc(C)cc1. The van der Waals surface area contributed by atoms with E-state index in [-0.39, 0.29) is 28.4 Å². The molecule has 0 fully saturated rings. The Kier molecular flexibility index (Phi) is 7.10. The summed E-state index contributed by atoms with van der Waals surface area (Å²) in [5, 5.41) is 13.6. The van der Waals surface area contributed by atoms with E-state index >= 15 is 0 Å². The van der Waals surface area contributed by atoms with E-state index in [1.165, 1.54) is 54.9 Å². The largest absolute Gasteiger partial charge is 0.496 e. The minimum atomic E-state index is -3.76. The second-order valence-corrected chi connectivity index (χ2v) is 9.41. The maximum atomic E-state index is 12.9. The number of nitro groups is 1. The topological polar surface area (TPSA) is 119 Å². The number of non-ortho nitro benzene ring substituents is 1. The molecule has 0 spiro atoms. The molecular formula is C23H23N3O6S. The van der Waals surface area contributed by atoms with Crippen molar-refractivity contribution in [3.63, 3.8) is 0 Å². The second kappa shape index (κ2) is 9.80. The highest BCUT2D eigenvalue weighted by Gasteiger charge is 2.22. The van der Waals surface area contributed by atoms with Crippen molar-refractivity contribution in [1.29, 1.82) is 0 Å². The first-order valence-corrected chi connectivity index (χ1v) is 11.3. The van der Waals surface area contributed by atoms with E-state index in [1.807, 2.05) is 6.92 Å². The zero-order valence-electron chi connectivity index (χ0n) is 18.3. The molecule has 1 amide bonds. The number of methoxy groups -OCH3 is 1. The summed E-state index contributed by atoms with van der Waals surface area (Å²) in [5.74, 6) is -0.0729. The molecule has 0 atom stereocenters. The lowest BCUT2D eigenvalue weighted by Gasteiger charge is -2.19. The van der Waals surface area contributed by atoms with Crippen LogP contribution in [-0.4, -0.2) is 37.7 Å². The number of hydrogen-bond donors (Lipinski definition) is 1. The number of benzene rings is 3. The number of carbonyl (C=O) groups is 1. The Morgan fingerprint density at radius 1 is 1.09 bits per heavy atom. The van der Waals surface area contributed by atoms with Crippen LogP contribution in [0.2, 0.25) is 0 Å². The molecule has 0 aliphatic carbocycles. The molecule has 3 aromatic carbocycles. The predicted molar refractivity (Wildman–Crippen MR) is 124 cm³/mol. The summed E-state index contributed by atoms with van der Waals surface area (Å²) >= 11 is 0. The zero-order valence-corrected chi connectivity index (χ0v) is 19.1.